The van der Waals surface area contributed by atoms with E-state index in [-0.39, 0.29) is 11.9 Å². The van der Waals surface area contributed by atoms with Gasteiger partial charge < -0.3 is 10.6 Å². The molecule has 0 spiro atoms. The van der Waals surface area contributed by atoms with Crippen LogP contribution in [0, 0.1) is 18.8 Å². The molecule has 1 amide bonds. The van der Waals surface area contributed by atoms with Crippen molar-refractivity contribution in [2.45, 2.75) is 19.4 Å². The van der Waals surface area contributed by atoms with Crippen molar-refractivity contribution >= 4 is 17.2 Å². The van der Waals surface area contributed by atoms with Gasteiger partial charge >= 0.3 is 0 Å². The first kappa shape index (κ1) is 14.0. The number of fused-ring (bicyclic) bond motifs is 1. The van der Waals surface area contributed by atoms with Crippen molar-refractivity contribution < 1.29 is 4.79 Å². The summed E-state index contributed by atoms with van der Waals surface area (Å²) in [6.07, 6.45) is 1.25. The summed E-state index contributed by atoms with van der Waals surface area (Å²) >= 11 is 1.64. The van der Waals surface area contributed by atoms with Gasteiger partial charge in [-0.2, -0.15) is 0 Å². The molecule has 0 unspecified atom stereocenters. The molecule has 0 radical (unpaired) electrons. The van der Waals surface area contributed by atoms with Gasteiger partial charge in [0.15, 0.2) is 0 Å². The summed E-state index contributed by atoms with van der Waals surface area (Å²) in [5.74, 6) is 1.49. The van der Waals surface area contributed by atoms with Crippen molar-refractivity contribution in [2.24, 2.45) is 17.6 Å². The molecule has 1 aliphatic heterocycles. The molecule has 114 valence electrons. The molecule has 2 N–H and O–H groups in total. The van der Waals surface area contributed by atoms with Crippen molar-refractivity contribution in [1.82, 2.24) is 4.90 Å². The lowest BCUT2D eigenvalue weighted by atomic mass is 10.1. The van der Waals surface area contributed by atoms with E-state index in [0.29, 0.717) is 18.4 Å². The topological polar surface area (TPSA) is 46.3 Å². The van der Waals surface area contributed by atoms with Crippen LogP contribution < -0.4 is 5.73 Å². The fraction of sp³-hybridized carbons (Fsp3) is 0.389. The second-order valence-corrected chi connectivity index (χ2v) is 7.37. The maximum Gasteiger partial charge on any atom is 0.255 e. The summed E-state index contributed by atoms with van der Waals surface area (Å²) in [5.41, 5.74) is 9.09. The maximum absolute atomic E-state index is 13.0. The molecule has 1 aromatic carbocycles. The van der Waals surface area contributed by atoms with Crippen LogP contribution in [-0.2, 0) is 0 Å². The Bertz CT molecular complexity index is 706. The van der Waals surface area contributed by atoms with Crippen molar-refractivity contribution in [3.63, 3.8) is 0 Å². The van der Waals surface area contributed by atoms with E-state index < -0.39 is 0 Å². The van der Waals surface area contributed by atoms with E-state index in [0.717, 1.165) is 22.5 Å². The standard InChI is InChI=1S/C18H20N2OS/c1-11-2-4-12(5-3-11)17-14(6-7-22-17)18(21)20-10-13-8-15(13)16(20)9-19/h2-7,13,15-16H,8-10,19H2,1H3/t13-,15-,16+/m0/s1. The number of benzene rings is 1. The molecule has 1 aromatic heterocycles. The van der Waals surface area contributed by atoms with E-state index in [1.165, 1.54) is 12.0 Å². The average Bonchev–Trinajstić information content (AvgIpc) is 2.99. The fourth-order valence-electron chi connectivity index (χ4n) is 3.67. The zero-order chi connectivity index (χ0) is 15.3. The Morgan fingerprint density at radius 3 is 2.82 bits per heavy atom. The van der Waals surface area contributed by atoms with Crippen LogP contribution in [-0.4, -0.2) is 29.9 Å². The normalized spacial score (nSPS) is 26.1. The number of amides is 1. The van der Waals surface area contributed by atoms with E-state index in [1.54, 1.807) is 11.3 Å². The first-order valence-corrected chi connectivity index (χ1v) is 8.72. The van der Waals surface area contributed by atoms with Crippen LogP contribution in [0.5, 0.6) is 0 Å². The third kappa shape index (κ3) is 2.18. The van der Waals surface area contributed by atoms with Gasteiger partial charge in [0.05, 0.1) is 5.56 Å². The van der Waals surface area contributed by atoms with Gasteiger partial charge in [0, 0.05) is 24.0 Å². The lowest BCUT2D eigenvalue weighted by molar-refractivity contribution is 0.0713. The third-order valence-electron chi connectivity index (χ3n) is 5.01. The number of carbonyl (C=O) groups excluding carboxylic acids is 1. The highest BCUT2D eigenvalue weighted by Crippen LogP contribution is 2.49. The molecule has 4 heteroatoms. The fourth-order valence-corrected chi connectivity index (χ4v) is 4.56. The van der Waals surface area contributed by atoms with Gasteiger partial charge in [-0.1, -0.05) is 29.8 Å². The number of piperidine rings is 1. The number of carbonyl (C=O) groups is 1. The van der Waals surface area contributed by atoms with Crippen molar-refractivity contribution in [2.75, 3.05) is 13.1 Å². The molecule has 2 fully saturated rings. The number of nitrogens with zero attached hydrogens (tertiary/aromatic N) is 1. The summed E-state index contributed by atoms with van der Waals surface area (Å²) in [7, 11) is 0. The number of hydrogen-bond donors (Lipinski definition) is 1. The lowest BCUT2D eigenvalue weighted by Gasteiger charge is -2.26. The summed E-state index contributed by atoms with van der Waals surface area (Å²) in [4.78, 5) is 16.1. The first-order valence-electron chi connectivity index (χ1n) is 7.84. The zero-order valence-corrected chi connectivity index (χ0v) is 13.5. The molecule has 1 aliphatic carbocycles. The number of nitrogens with two attached hydrogens (primary N) is 1. The number of hydrogen-bond acceptors (Lipinski definition) is 3. The van der Waals surface area contributed by atoms with Gasteiger partial charge in [-0.3, -0.25) is 4.79 Å². The lowest BCUT2D eigenvalue weighted by Crippen LogP contribution is -2.42. The van der Waals surface area contributed by atoms with Gasteiger partial charge in [-0.15, -0.1) is 11.3 Å². The quantitative estimate of drug-likeness (QED) is 0.946. The van der Waals surface area contributed by atoms with E-state index >= 15 is 0 Å². The molecular formula is C18H20N2OS. The van der Waals surface area contributed by atoms with E-state index in [1.807, 2.05) is 16.3 Å². The zero-order valence-electron chi connectivity index (χ0n) is 12.7. The second-order valence-electron chi connectivity index (χ2n) is 6.45. The summed E-state index contributed by atoms with van der Waals surface area (Å²) < 4.78 is 0. The highest BCUT2D eigenvalue weighted by molar-refractivity contribution is 7.14. The van der Waals surface area contributed by atoms with Crippen LogP contribution in [0.25, 0.3) is 10.4 Å². The van der Waals surface area contributed by atoms with Gasteiger partial charge in [0.25, 0.3) is 5.91 Å². The highest BCUT2D eigenvalue weighted by Gasteiger charge is 2.53. The summed E-state index contributed by atoms with van der Waals surface area (Å²) in [6.45, 7) is 3.54. The SMILES string of the molecule is Cc1ccc(-c2sccc2C(=O)N2C[C@@H]3C[C@@H]3[C@H]2CN)cc1. The first-order chi connectivity index (χ1) is 10.7. The Balaban J connectivity index is 1.65. The van der Waals surface area contributed by atoms with E-state index in [4.69, 9.17) is 5.73 Å². The minimum Gasteiger partial charge on any atom is -0.334 e. The Hall–Kier alpha value is -1.65. The number of likely N-dealkylation sites (tertiary alicyclic amines) is 1. The third-order valence-corrected chi connectivity index (χ3v) is 5.98. The number of thiophene rings is 1. The van der Waals surface area contributed by atoms with Gasteiger partial charge in [-0.25, -0.2) is 0 Å². The van der Waals surface area contributed by atoms with Crippen molar-refractivity contribution in [3.05, 3.63) is 46.8 Å². The molecule has 1 saturated carbocycles. The molecule has 4 rings (SSSR count). The van der Waals surface area contributed by atoms with Gasteiger partial charge in [0.1, 0.15) is 0 Å². The van der Waals surface area contributed by atoms with E-state index in [2.05, 4.69) is 31.2 Å². The van der Waals surface area contributed by atoms with Gasteiger partial charge in [0.2, 0.25) is 0 Å². The predicted molar refractivity (Wildman–Crippen MR) is 90.0 cm³/mol. The van der Waals surface area contributed by atoms with Crippen LogP contribution in [0.15, 0.2) is 35.7 Å². The van der Waals surface area contributed by atoms with Crippen LogP contribution >= 0.6 is 11.3 Å². The molecule has 2 heterocycles. The Labute approximate surface area is 134 Å². The van der Waals surface area contributed by atoms with Crippen LogP contribution in [0.4, 0.5) is 0 Å². The Morgan fingerprint density at radius 1 is 1.32 bits per heavy atom. The maximum atomic E-state index is 13.0. The molecule has 22 heavy (non-hydrogen) atoms. The Morgan fingerprint density at radius 2 is 2.09 bits per heavy atom. The molecule has 2 aliphatic rings. The van der Waals surface area contributed by atoms with Gasteiger partial charge in [-0.05, 0) is 42.2 Å². The number of aryl methyl sites for hydroxylation is 1. The van der Waals surface area contributed by atoms with E-state index in [9.17, 15) is 4.79 Å². The molecule has 3 nitrogen and oxygen atoms in total. The number of rotatable bonds is 3. The molecule has 2 aromatic rings. The minimum atomic E-state index is 0.152. The average molecular weight is 312 g/mol. The predicted octanol–water partition coefficient (Wildman–Crippen LogP) is 3.14. The highest BCUT2D eigenvalue weighted by atomic mass is 32.1. The van der Waals surface area contributed by atoms with Crippen LogP contribution in [0.2, 0.25) is 0 Å². The summed E-state index contributed by atoms with van der Waals surface area (Å²) in [6, 6.07) is 10.6. The van der Waals surface area contributed by atoms with Crippen LogP contribution in [0.3, 0.4) is 0 Å². The Kier molecular flexibility index (Phi) is 3.31. The second kappa shape index (κ2) is 5.21. The molecular weight excluding hydrogens is 292 g/mol. The summed E-state index contributed by atoms with van der Waals surface area (Å²) in [5, 5.41) is 2.01. The smallest absolute Gasteiger partial charge is 0.255 e. The van der Waals surface area contributed by atoms with Crippen molar-refractivity contribution in [3.8, 4) is 10.4 Å². The minimum absolute atomic E-state index is 0.152. The van der Waals surface area contributed by atoms with Crippen LogP contribution in [0.1, 0.15) is 22.3 Å². The monoisotopic (exact) mass is 312 g/mol. The molecule has 1 saturated heterocycles. The molecule has 0 bridgehead atoms. The van der Waals surface area contributed by atoms with Crippen molar-refractivity contribution in [1.29, 1.82) is 0 Å². The molecule has 3 atom stereocenters. The largest absolute Gasteiger partial charge is 0.334 e.